The third-order valence-corrected chi connectivity index (χ3v) is 2.90. The second kappa shape index (κ2) is 5.46. The fourth-order valence-electron chi connectivity index (χ4n) is 1.88. The molecule has 2 rings (SSSR count). The van der Waals surface area contributed by atoms with Crippen molar-refractivity contribution in [2.45, 2.75) is 0 Å². The molecule has 1 saturated heterocycles. The van der Waals surface area contributed by atoms with Crippen LogP contribution >= 0.6 is 0 Å². The van der Waals surface area contributed by atoms with Crippen molar-refractivity contribution in [2.24, 2.45) is 5.84 Å². The summed E-state index contributed by atoms with van der Waals surface area (Å²) in [5.41, 5.74) is 2.70. The number of rotatable bonds is 1. The lowest BCUT2D eigenvalue weighted by Gasteiger charge is -2.34. The van der Waals surface area contributed by atoms with Crippen LogP contribution in [0, 0.1) is 0 Å². The van der Waals surface area contributed by atoms with E-state index >= 15 is 0 Å². The van der Waals surface area contributed by atoms with E-state index in [0.717, 1.165) is 0 Å². The quantitative estimate of drug-likeness (QED) is 0.396. The Kier molecular flexibility index (Phi) is 3.73. The Morgan fingerprint density at radius 3 is 2.22 bits per heavy atom. The molecule has 1 fully saturated rings. The lowest BCUT2D eigenvalue weighted by Crippen LogP contribution is -2.54. The van der Waals surface area contributed by atoms with E-state index in [9.17, 15) is 9.59 Å². The highest BCUT2D eigenvalue weighted by molar-refractivity contribution is 5.94. The summed E-state index contributed by atoms with van der Waals surface area (Å²) in [7, 11) is 0. The number of carbonyl (C=O) groups is 2. The van der Waals surface area contributed by atoms with Crippen LogP contribution in [0.5, 0.6) is 0 Å². The summed E-state index contributed by atoms with van der Waals surface area (Å²) in [4.78, 5) is 30.6. The first kappa shape index (κ1) is 12.3. The van der Waals surface area contributed by atoms with Crippen LogP contribution in [0.25, 0.3) is 0 Å². The van der Waals surface area contributed by atoms with E-state index in [2.05, 4.69) is 10.4 Å². The molecule has 7 nitrogen and oxygen atoms in total. The van der Waals surface area contributed by atoms with Crippen molar-refractivity contribution in [1.29, 1.82) is 0 Å². The van der Waals surface area contributed by atoms with Gasteiger partial charge in [0.1, 0.15) is 0 Å². The molecule has 1 aliphatic heterocycles. The fourth-order valence-corrected chi connectivity index (χ4v) is 1.88. The molecular formula is C11H15N5O2. The van der Waals surface area contributed by atoms with Crippen molar-refractivity contribution in [2.75, 3.05) is 26.2 Å². The molecule has 0 atom stereocenters. The Labute approximate surface area is 105 Å². The highest BCUT2D eigenvalue weighted by atomic mass is 16.2. The zero-order chi connectivity index (χ0) is 13.0. The zero-order valence-corrected chi connectivity index (χ0v) is 9.87. The van der Waals surface area contributed by atoms with Crippen molar-refractivity contribution in [3.63, 3.8) is 0 Å². The van der Waals surface area contributed by atoms with Gasteiger partial charge in [0.2, 0.25) is 0 Å². The van der Waals surface area contributed by atoms with E-state index in [1.54, 1.807) is 34.3 Å². The van der Waals surface area contributed by atoms with E-state index in [0.29, 0.717) is 31.7 Å². The molecular weight excluding hydrogens is 234 g/mol. The highest BCUT2D eigenvalue weighted by Crippen LogP contribution is 2.07. The molecule has 0 unspecified atom stereocenters. The number of amides is 3. The third-order valence-electron chi connectivity index (χ3n) is 2.90. The number of nitrogens with zero attached hydrogens (tertiary/aromatic N) is 3. The monoisotopic (exact) mass is 249 g/mol. The van der Waals surface area contributed by atoms with Gasteiger partial charge < -0.3 is 9.80 Å². The van der Waals surface area contributed by atoms with Crippen molar-refractivity contribution >= 4 is 11.9 Å². The van der Waals surface area contributed by atoms with Gasteiger partial charge in [-0.05, 0) is 12.1 Å². The molecule has 3 amide bonds. The Bertz CT molecular complexity index is 428. The van der Waals surface area contributed by atoms with Crippen LogP contribution in [0.15, 0.2) is 24.5 Å². The normalized spacial score (nSPS) is 15.4. The summed E-state index contributed by atoms with van der Waals surface area (Å²) in [6.07, 6.45) is 3.18. The predicted molar refractivity (Wildman–Crippen MR) is 64.4 cm³/mol. The average Bonchev–Trinajstić information content (AvgIpc) is 2.47. The number of hydrogen-bond donors (Lipinski definition) is 2. The van der Waals surface area contributed by atoms with Crippen LogP contribution in [0.1, 0.15) is 10.4 Å². The van der Waals surface area contributed by atoms with Crippen LogP contribution in [0.2, 0.25) is 0 Å². The summed E-state index contributed by atoms with van der Waals surface area (Å²) >= 11 is 0. The first-order valence-electron chi connectivity index (χ1n) is 5.67. The number of piperazine rings is 1. The highest BCUT2D eigenvalue weighted by Gasteiger charge is 2.24. The van der Waals surface area contributed by atoms with Gasteiger partial charge in [0.05, 0.1) is 0 Å². The summed E-state index contributed by atoms with van der Waals surface area (Å²) in [6, 6.07) is 3.05. The standard InChI is InChI=1S/C11H15N5O2/c12-14-11(18)16-7-5-15(6-8-16)10(17)9-1-3-13-4-2-9/h1-4H,5-8,12H2,(H,14,18). The number of nitrogens with one attached hydrogen (secondary N) is 1. The lowest BCUT2D eigenvalue weighted by atomic mass is 10.2. The second-order valence-electron chi connectivity index (χ2n) is 3.96. The summed E-state index contributed by atoms with van der Waals surface area (Å²) in [6.45, 7) is 1.99. The minimum atomic E-state index is -0.314. The van der Waals surface area contributed by atoms with Crippen molar-refractivity contribution < 1.29 is 9.59 Å². The Morgan fingerprint density at radius 1 is 1.11 bits per heavy atom. The molecule has 18 heavy (non-hydrogen) atoms. The van der Waals surface area contributed by atoms with E-state index < -0.39 is 0 Å². The summed E-state index contributed by atoms with van der Waals surface area (Å²) in [5, 5.41) is 0. The van der Waals surface area contributed by atoms with Gasteiger partial charge in [-0.2, -0.15) is 0 Å². The number of pyridine rings is 1. The SMILES string of the molecule is NNC(=O)N1CCN(C(=O)c2ccncc2)CC1. The molecule has 1 aromatic heterocycles. The van der Waals surface area contributed by atoms with E-state index in [1.807, 2.05) is 0 Å². The van der Waals surface area contributed by atoms with Gasteiger partial charge in [-0.3, -0.25) is 15.2 Å². The molecule has 0 spiro atoms. The van der Waals surface area contributed by atoms with Gasteiger partial charge >= 0.3 is 6.03 Å². The number of carbonyl (C=O) groups excluding carboxylic acids is 2. The van der Waals surface area contributed by atoms with Gasteiger partial charge in [0.25, 0.3) is 5.91 Å². The van der Waals surface area contributed by atoms with Gasteiger partial charge in [-0.1, -0.05) is 0 Å². The number of hydrogen-bond acceptors (Lipinski definition) is 4. The maximum absolute atomic E-state index is 12.1. The lowest BCUT2D eigenvalue weighted by molar-refractivity contribution is 0.0665. The minimum absolute atomic E-state index is 0.0368. The largest absolute Gasteiger partial charge is 0.335 e. The van der Waals surface area contributed by atoms with E-state index in [-0.39, 0.29) is 11.9 Å². The molecule has 7 heteroatoms. The molecule has 1 aliphatic rings. The second-order valence-corrected chi connectivity index (χ2v) is 3.96. The first-order chi connectivity index (χ1) is 8.72. The van der Waals surface area contributed by atoms with Crippen LogP contribution in [0.3, 0.4) is 0 Å². The zero-order valence-electron chi connectivity index (χ0n) is 9.87. The Balaban J connectivity index is 1.94. The van der Waals surface area contributed by atoms with Gasteiger partial charge in [-0.25, -0.2) is 10.6 Å². The predicted octanol–water partition coefficient (Wildman–Crippen LogP) is -0.577. The topological polar surface area (TPSA) is 91.6 Å². The molecule has 0 bridgehead atoms. The van der Waals surface area contributed by atoms with Crippen LogP contribution in [0.4, 0.5) is 4.79 Å². The van der Waals surface area contributed by atoms with Gasteiger partial charge in [0.15, 0.2) is 0 Å². The third kappa shape index (κ3) is 2.57. The minimum Gasteiger partial charge on any atom is -0.335 e. The molecule has 0 aliphatic carbocycles. The molecule has 0 saturated carbocycles. The number of hydrazine groups is 1. The smallest absolute Gasteiger partial charge is 0.331 e. The van der Waals surface area contributed by atoms with Crippen LogP contribution in [-0.4, -0.2) is 52.9 Å². The van der Waals surface area contributed by atoms with Crippen molar-refractivity contribution in [3.05, 3.63) is 30.1 Å². The number of nitrogens with two attached hydrogens (primary N) is 1. The average molecular weight is 249 g/mol. The molecule has 2 heterocycles. The Morgan fingerprint density at radius 2 is 1.67 bits per heavy atom. The maximum Gasteiger partial charge on any atom is 0.331 e. The Hall–Kier alpha value is -2.15. The van der Waals surface area contributed by atoms with Crippen molar-refractivity contribution in [3.8, 4) is 0 Å². The number of aromatic nitrogens is 1. The van der Waals surface area contributed by atoms with E-state index in [4.69, 9.17) is 5.84 Å². The van der Waals surface area contributed by atoms with Gasteiger partial charge in [0, 0.05) is 44.1 Å². The van der Waals surface area contributed by atoms with Crippen LogP contribution < -0.4 is 11.3 Å². The van der Waals surface area contributed by atoms with E-state index in [1.165, 1.54) is 0 Å². The molecule has 3 N–H and O–H groups in total. The molecule has 96 valence electrons. The van der Waals surface area contributed by atoms with Crippen LogP contribution in [-0.2, 0) is 0 Å². The summed E-state index contributed by atoms with van der Waals surface area (Å²) in [5.74, 6) is 5.02. The summed E-state index contributed by atoms with van der Waals surface area (Å²) < 4.78 is 0. The molecule has 1 aromatic rings. The van der Waals surface area contributed by atoms with Gasteiger partial charge in [-0.15, -0.1) is 0 Å². The number of urea groups is 1. The molecule has 0 aromatic carbocycles. The molecule has 0 radical (unpaired) electrons. The van der Waals surface area contributed by atoms with Crippen molar-refractivity contribution in [1.82, 2.24) is 20.2 Å². The fraction of sp³-hybridized carbons (Fsp3) is 0.364. The maximum atomic E-state index is 12.1. The first-order valence-corrected chi connectivity index (χ1v) is 5.67.